The second-order valence-corrected chi connectivity index (χ2v) is 7.25. The standard InChI is InChI=1S/C11H16BrN3O2S/c1-18(16,17)15-7-4-9(5-8-15)14-11-10(12)3-2-6-13-11/h2-3,6,9H,4-5,7-8H2,1H3,(H,13,14). The molecule has 1 saturated heterocycles. The van der Waals surface area contributed by atoms with Crippen LogP contribution in [0.1, 0.15) is 12.8 Å². The summed E-state index contributed by atoms with van der Waals surface area (Å²) in [6.45, 7) is 1.14. The van der Waals surface area contributed by atoms with E-state index in [9.17, 15) is 8.42 Å². The molecule has 0 saturated carbocycles. The predicted molar refractivity (Wildman–Crippen MR) is 75.0 cm³/mol. The first kappa shape index (κ1) is 13.8. The van der Waals surface area contributed by atoms with Crippen molar-refractivity contribution in [2.24, 2.45) is 0 Å². The van der Waals surface area contributed by atoms with Crippen molar-refractivity contribution in [1.29, 1.82) is 0 Å². The summed E-state index contributed by atoms with van der Waals surface area (Å²) in [5.74, 6) is 0.815. The summed E-state index contributed by atoms with van der Waals surface area (Å²) >= 11 is 3.44. The molecule has 5 nitrogen and oxygen atoms in total. The second-order valence-electron chi connectivity index (χ2n) is 4.41. The molecule has 0 aromatic carbocycles. The lowest BCUT2D eigenvalue weighted by atomic mass is 10.1. The highest BCUT2D eigenvalue weighted by atomic mass is 79.9. The molecule has 7 heteroatoms. The minimum absolute atomic E-state index is 0.272. The molecule has 0 unspecified atom stereocenters. The number of nitrogens with zero attached hydrogens (tertiary/aromatic N) is 2. The first-order valence-corrected chi connectivity index (χ1v) is 8.43. The molecule has 2 heterocycles. The summed E-state index contributed by atoms with van der Waals surface area (Å²) in [5.41, 5.74) is 0. The van der Waals surface area contributed by atoms with Crippen LogP contribution in [0.5, 0.6) is 0 Å². The summed E-state index contributed by atoms with van der Waals surface area (Å²) in [7, 11) is -3.05. The molecule has 1 aromatic heterocycles. The third-order valence-electron chi connectivity index (χ3n) is 3.02. The van der Waals surface area contributed by atoms with E-state index in [1.807, 2.05) is 12.1 Å². The van der Waals surface area contributed by atoms with E-state index in [1.165, 1.54) is 10.6 Å². The van der Waals surface area contributed by atoms with E-state index in [4.69, 9.17) is 0 Å². The Hall–Kier alpha value is -0.660. The Labute approximate surface area is 116 Å². The van der Waals surface area contributed by atoms with Crippen molar-refractivity contribution in [3.05, 3.63) is 22.8 Å². The average molecular weight is 334 g/mol. The maximum Gasteiger partial charge on any atom is 0.211 e. The van der Waals surface area contributed by atoms with Gasteiger partial charge < -0.3 is 5.32 Å². The summed E-state index contributed by atoms with van der Waals surface area (Å²) in [4.78, 5) is 4.25. The molecule has 0 radical (unpaired) electrons. The minimum Gasteiger partial charge on any atom is -0.366 e. The highest BCUT2D eigenvalue weighted by Gasteiger charge is 2.25. The molecule has 1 fully saturated rings. The molecule has 100 valence electrons. The van der Waals surface area contributed by atoms with Gasteiger partial charge in [-0.25, -0.2) is 17.7 Å². The number of anilines is 1. The largest absolute Gasteiger partial charge is 0.366 e. The van der Waals surface area contributed by atoms with Gasteiger partial charge in [-0.1, -0.05) is 0 Å². The summed E-state index contributed by atoms with van der Waals surface area (Å²) in [6, 6.07) is 4.07. The van der Waals surface area contributed by atoms with Gasteiger partial charge in [0.15, 0.2) is 0 Å². The number of pyridine rings is 1. The van der Waals surface area contributed by atoms with Crippen LogP contribution in [0.4, 0.5) is 5.82 Å². The maximum absolute atomic E-state index is 11.4. The van der Waals surface area contributed by atoms with Crippen molar-refractivity contribution in [2.75, 3.05) is 24.7 Å². The van der Waals surface area contributed by atoms with Crippen molar-refractivity contribution in [2.45, 2.75) is 18.9 Å². The van der Waals surface area contributed by atoms with E-state index >= 15 is 0 Å². The minimum atomic E-state index is -3.05. The number of rotatable bonds is 3. The molecule has 0 bridgehead atoms. The van der Waals surface area contributed by atoms with Gasteiger partial charge in [-0.05, 0) is 40.9 Å². The van der Waals surface area contributed by atoms with Gasteiger partial charge in [0.05, 0.1) is 10.7 Å². The fourth-order valence-electron chi connectivity index (χ4n) is 2.02. The quantitative estimate of drug-likeness (QED) is 0.914. The molecule has 1 aliphatic heterocycles. The van der Waals surface area contributed by atoms with Crippen LogP contribution in [-0.2, 0) is 10.0 Å². The van der Waals surface area contributed by atoms with Crippen LogP contribution >= 0.6 is 15.9 Å². The van der Waals surface area contributed by atoms with Crippen molar-refractivity contribution in [3.8, 4) is 0 Å². The first-order chi connectivity index (χ1) is 8.47. The van der Waals surface area contributed by atoms with Crippen molar-refractivity contribution in [1.82, 2.24) is 9.29 Å². The summed E-state index contributed by atoms with van der Waals surface area (Å²) in [6.07, 6.45) is 4.60. The van der Waals surface area contributed by atoms with Gasteiger partial charge in [0.1, 0.15) is 5.82 Å². The predicted octanol–water partition coefficient (Wildman–Crippen LogP) is 1.68. The Bertz CT molecular complexity index is 513. The van der Waals surface area contributed by atoms with Crippen LogP contribution in [0, 0.1) is 0 Å². The molecular formula is C11H16BrN3O2S. The number of halogens is 1. The Morgan fingerprint density at radius 1 is 1.44 bits per heavy atom. The Morgan fingerprint density at radius 2 is 2.11 bits per heavy atom. The van der Waals surface area contributed by atoms with Gasteiger partial charge in [0.25, 0.3) is 0 Å². The topological polar surface area (TPSA) is 62.3 Å². The fourth-order valence-corrected chi connectivity index (χ4v) is 3.26. The van der Waals surface area contributed by atoms with Crippen LogP contribution < -0.4 is 5.32 Å². The molecule has 1 aliphatic rings. The second kappa shape index (κ2) is 5.54. The van der Waals surface area contributed by atoms with E-state index in [-0.39, 0.29) is 6.04 Å². The molecule has 1 N–H and O–H groups in total. The zero-order valence-electron chi connectivity index (χ0n) is 10.1. The number of nitrogens with one attached hydrogen (secondary N) is 1. The van der Waals surface area contributed by atoms with Gasteiger partial charge in [0, 0.05) is 25.3 Å². The van der Waals surface area contributed by atoms with Crippen LogP contribution in [0.15, 0.2) is 22.8 Å². The maximum atomic E-state index is 11.4. The monoisotopic (exact) mass is 333 g/mol. The Balaban J connectivity index is 1.94. The summed E-state index contributed by atoms with van der Waals surface area (Å²) in [5, 5.41) is 3.34. The molecule has 18 heavy (non-hydrogen) atoms. The zero-order chi connectivity index (χ0) is 13.2. The van der Waals surface area contributed by atoms with Crippen molar-refractivity contribution >= 4 is 31.8 Å². The highest BCUT2D eigenvalue weighted by molar-refractivity contribution is 9.10. The normalized spacial score (nSPS) is 18.8. The third kappa shape index (κ3) is 3.43. The fraction of sp³-hybridized carbons (Fsp3) is 0.545. The van der Waals surface area contributed by atoms with Crippen molar-refractivity contribution < 1.29 is 8.42 Å². The zero-order valence-corrected chi connectivity index (χ0v) is 12.5. The van der Waals surface area contributed by atoms with Gasteiger partial charge >= 0.3 is 0 Å². The lowest BCUT2D eigenvalue weighted by molar-refractivity contribution is 0.331. The van der Waals surface area contributed by atoms with Crippen LogP contribution in [-0.4, -0.2) is 43.1 Å². The van der Waals surface area contributed by atoms with Gasteiger partial charge in [0.2, 0.25) is 10.0 Å². The summed E-state index contributed by atoms with van der Waals surface area (Å²) < 4.78 is 25.2. The molecule has 0 aliphatic carbocycles. The number of piperidine rings is 1. The SMILES string of the molecule is CS(=O)(=O)N1CCC(Nc2ncccc2Br)CC1. The lowest BCUT2D eigenvalue weighted by Crippen LogP contribution is -2.41. The molecule has 2 rings (SSSR count). The number of sulfonamides is 1. The number of hydrogen-bond donors (Lipinski definition) is 1. The van der Waals surface area contributed by atoms with E-state index < -0.39 is 10.0 Å². The van der Waals surface area contributed by atoms with E-state index in [1.54, 1.807) is 6.20 Å². The van der Waals surface area contributed by atoms with Gasteiger partial charge in [-0.15, -0.1) is 0 Å². The van der Waals surface area contributed by atoms with E-state index in [2.05, 4.69) is 26.2 Å². The molecule has 0 atom stereocenters. The van der Waals surface area contributed by atoms with Gasteiger partial charge in [-0.3, -0.25) is 0 Å². The third-order valence-corrected chi connectivity index (χ3v) is 4.97. The average Bonchev–Trinajstić information content (AvgIpc) is 2.32. The smallest absolute Gasteiger partial charge is 0.211 e. The Morgan fingerprint density at radius 3 is 2.67 bits per heavy atom. The molecule has 0 amide bonds. The van der Waals surface area contributed by atoms with Crippen molar-refractivity contribution in [3.63, 3.8) is 0 Å². The van der Waals surface area contributed by atoms with E-state index in [0.29, 0.717) is 13.1 Å². The number of hydrogen-bond acceptors (Lipinski definition) is 4. The van der Waals surface area contributed by atoms with Crippen LogP contribution in [0.25, 0.3) is 0 Å². The van der Waals surface area contributed by atoms with E-state index in [0.717, 1.165) is 23.1 Å². The highest BCUT2D eigenvalue weighted by Crippen LogP contribution is 2.22. The first-order valence-electron chi connectivity index (χ1n) is 5.79. The molecule has 0 spiro atoms. The van der Waals surface area contributed by atoms with Crippen LogP contribution in [0.2, 0.25) is 0 Å². The van der Waals surface area contributed by atoms with Crippen LogP contribution in [0.3, 0.4) is 0 Å². The van der Waals surface area contributed by atoms with Gasteiger partial charge in [-0.2, -0.15) is 0 Å². The molecular weight excluding hydrogens is 318 g/mol. The lowest BCUT2D eigenvalue weighted by Gasteiger charge is -2.31. The molecule has 1 aromatic rings. The Kier molecular flexibility index (Phi) is 4.24. The number of aromatic nitrogens is 1.